The molecule has 6 heteroatoms. The second kappa shape index (κ2) is 6.02. The van der Waals surface area contributed by atoms with Crippen molar-refractivity contribution in [2.24, 2.45) is 13.0 Å². The van der Waals surface area contributed by atoms with Gasteiger partial charge in [-0.2, -0.15) is 5.10 Å². The van der Waals surface area contributed by atoms with Crippen LogP contribution in [0.25, 0.3) is 0 Å². The summed E-state index contributed by atoms with van der Waals surface area (Å²) in [6.07, 6.45) is 5.99. The zero-order valence-corrected chi connectivity index (χ0v) is 14.5. The Balaban J connectivity index is 1.40. The number of nitrogens with zero attached hydrogens (tertiary/aromatic N) is 2. The summed E-state index contributed by atoms with van der Waals surface area (Å²) in [5.41, 5.74) is 4.23. The van der Waals surface area contributed by atoms with Crippen molar-refractivity contribution in [3.63, 3.8) is 0 Å². The quantitative estimate of drug-likeness (QED) is 0.898. The predicted molar refractivity (Wildman–Crippen MR) is 94.0 cm³/mol. The van der Waals surface area contributed by atoms with Crippen molar-refractivity contribution in [2.45, 2.75) is 38.1 Å². The van der Waals surface area contributed by atoms with Gasteiger partial charge in [0, 0.05) is 31.3 Å². The molecule has 130 valence electrons. The first-order chi connectivity index (χ1) is 12.0. The van der Waals surface area contributed by atoms with Crippen LogP contribution in [0, 0.1) is 5.92 Å². The van der Waals surface area contributed by atoms with Gasteiger partial charge < -0.3 is 10.6 Å². The van der Waals surface area contributed by atoms with Crippen LogP contribution in [0.15, 0.2) is 30.6 Å². The number of fused-ring (bicyclic) bond motifs is 1. The molecule has 0 spiro atoms. The average molecular weight is 338 g/mol. The van der Waals surface area contributed by atoms with E-state index in [1.165, 1.54) is 0 Å². The summed E-state index contributed by atoms with van der Waals surface area (Å²) in [6, 6.07) is 5.94. The summed E-state index contributed by atoms with van der Waals surface area (Å²) in [5.74, 6) is 0.507. The van der Waals surface area contributed by atoms with Crippen LogP contribution in [0.4, 0.5) is 5.69 Å². The topological polar surface area (TPSA) is 76.0 Å². The second-order valence-corrected chi connectivity index (χ2v) is 7.09. The minimum Gasteiger partial charge on any atom is -0.349 e. The molecule has 2 aliphatic rings. The fraction of sp³-hybridized carbons (Fsp3) is 0.421. The molecule has 25 heavy (non-hydrogen) atoms. The lowest BCUT2D eigenvalue weighted by atomic mass is 9.97. The average Bonchev–Trinajstić information content (AvgIpc) is 3.28. The molecule has 2 amide bonds. The van der Waals surface area contributed by atoms with Crippen LogP contribution in [0.2, 0.25) is 0 Å². The molecule has 0 saturated heterocycles. The Hall–Kier alpha value is -2.63. The van der Waals surface area contributed by atoms with Gasteiger partial charge in [-0.1, -0.05) is 12.1 Å². The number of carbonyl (C=O) groups is 2. The maximum atomic E-state index is 12.5. The monoisotopic (exact) mass is 338 g/mol. The molecule has 4 rings (SSSR count). The van der Waals surface area contributed by atoms with Crippen LogP contribution < -0.4 is 10.6 Å². The molecule has 1 fully saturated rings. The van der Waals surface area contributed by atoms with E-state index in [0.29, 0.717) is 12.3 Å². The summed E-state index contributed by atoms with van der Waals surface area (Å²) in [4.78, 5) is 24.0. The van der Waals surface area contributed by atoms with Crippen molar-refractivity contribution in [1.82, 2.24) is 15.1 Å². The van der Waals surface area contributed by atoms with Crippen LogP contribution in [0.3, 0.4) is 0 Å². The van der Waals surface area contributed by atoms with Crippen molar-refractivity contribution in [3.05, 3.63) is 47.3 Å². The van der Waals surface area contributed by atoms with Gasteiger partial charge in [-0.15, -0.1) is 0 Å². The summed E-state index contributed by atoms with van der Waals surface area (Å²) in [7, 11) is 1.89. The molecular weight excluding hydrogens is 316 g/mol. The van der Waals surface area contributed by atoms with Crippen molar-refractivity contribution in [3.8, 4) is 0 Å². The number of carbonyl (C=O) groups excluding carboxylic acids is 2. The molecule has 2 heterocycles. The van der Waals surface area contributed by atoms with E-state index >= 15 is 0 Å². The third-order valence-electron chi connectivity index (χ3n) is 5.16. The van der Waals surface area contributed by atoms with E-state index in [4.69, 9.17) is 0 Å². The summed E-state index contributed by atoms with van der Waals surface area (Å²) >= 11 is 0. The van der Waals surface area contributed by atoms with E-state index < -0.39 is 0 Å². The van der Waals surface area contributed by atoms with Gasteiger partial charge in [-0.05, 0) is 48.4 Å². The molecular formula is C19H22N4O2. The van der Waals surface area contributed by atoms with Gasteiger partial charge >= 0.3 is 0 Å². The number of hydrogen-bond donors (Lipinski definition) is 2. The molecule has 6 nitrogen and oxygen atoms in total. The molecule has 1 aliphatic carbocycles. The molecule has 2 aromatic rings. The molecule has 0 unspecified atom stereocenters. The summed E-state index contributed by atoms with van der Waals surface area (Å²) in [5, 5.41) is 10.2. The number of rotatable bonds is 4. The highest BCUT2D eigenvalue weighted by Crippen LogP contribution is 2.47. The van der Waals surface area contributed by atoms with Crippen LogP contribution in [0.1, 0.15) is 48.4 Å². The van der Waals surface area contributed by atoms with Gasteiger partial charge in [0.1, 0.15) is 0 Å². The molecule has 1 aromatic heterocycles. The minimum absolute atomic E-state index is 0.0450. The van der Waals surface area contributed by atoms with Gasteiger partial charge in [0.2, 0.25) is 11.8 Å². The minimum atomic E-state index is -0.0504. The Labute approximate surface area is 146 Å². The lowest BCUT2D eigenvalue weighted by Crippen LogP contribution is -2.28. The fourth-order valence-electron chi connectivity index (χ4n) is 3.56. The zero-order chi connectivity index (χ0) is 17.6. The highest BCUT2D eigenvalue weighted by atomic mass is 16.2. The number of hydrogen-bond acceptors (Lipinski definition) is 3. The first kappa shape index (κ1) is 15.9. The number of benzene rings is 1. The lowest BCUT2D eigenvalue weighted by molar-refractivity contribution is -0.123. The van der Waals surface area contributed by atoms with Gasteiger partial charge in [-0.3, -0.25) is 14.3 Å². The lowest BCUT2D eigenvalue weighted by Gasteiger charge is -2.20. The van der Waals surface area contributed by atoms with Gasteiger partial charge in [0.15, 0.2) is 0 Å². The number of aromatic nitrogens is 2. The van der Waals surface area contributed by atoms with E-state index in [0.717, 1.165) is 35.2 Å². The number of amides is 2. The second-order valence-electron chi connectivity index (χ2n) is 7.09. The van der Waals surface area contributed by atoms with E-state index in [1.807, 2.05) is 38.5 Å². The molecule has 2 N–H and O–H groups in total. The maximum absolute atomic E-state index is 12.5. The van der Waals surface area contributed by atoms with E-state index in [-0.39, 0.29) is 23.8 Å². The van der Waals surface area contributed by atoms with E-state index in [1.54, 1.807) is 4.68 Å². The maximum Gasteiger partial charge on any atom is 0.224 e. The smallest absolute Gasteiger partial charge is 0.224 e. The van der Waals surface area contributed by atoms with Gasteiger partial charge in [0.05, 0.1) is 12.2 Å². The summed E-state index contributed by atoms with van der Waals surface area (Å²) in [6.45, 7) is 2.00. The first-order valence-corrected chi connectivity index (χ1v) is 8.73. The third-order valence-corrected chi connectivity index (χ3v) is 5.16. The van der Waals surface area contributed by atoms with Crippen LogP contribution >= 0.6 is 0 Å². The molecule has 1 aliphatic heterocycles. The Morgan fingerprint density at radius 3 is 3.00 bits per heavy atom. The SMILES string of the molecule is C[C@H](NC(=O)[C@@H]1C[C@H]1c1cnn(C)c1)c1ccc2c(c1)CCC(=O)N2. The molecule has 0 bridgehead atoms. The Morgan fingerprint density at radius 2 is 2.24 bits per heavy atom. The van der Waals surface area contributed by atoms with Gasteiger partial charge in [-0.25, -0.2) is 0 Å². The predicted octanol–water partition coefficient (Wildman–Crippen LogP) is 2.29. The fourth-order valence-corrected chi connectivity index (χ4v) is 3.56. The van der Waals surface area contributed by atoms with Crippen molar-refractivity contribution >= 4 is 17.5 Å². The number of nitrogens with one attached hydrogen (secondary N) is 2. The largest absolute Gasteiger partial charge is 0.349 e. The Kier molecular flexibility index (Phi) is 3.82. The molecule has 1 aromatic carbocycles. The van der Waals surface area contributed by atoms with Gasteiger partial charge in [0.25, 0.3) is 0 Å². The highest BCUT2D eigenvalue weighted by Gasteiger charge is 2.44. The summed E-state index contributed by atoms with van der Waals surface area (Å²) < 4.78 is 1.77. The molecule has 0 radical (unpaired) electrons. The number of aryl methyl sites for hydroxylation is 2. The third kappa shape index (κ3) is 3.16. The van der Waals surface area contributed by atoms with Crippen LogP contribution in [-0.4, -0.2) is 21.6 Å². The Bertz CT molecular complexity index is 842. The van der Waals surface area contributed by atoms with E-state index in [2.05, 4.69) is 21.8 Å². The van der Waals surface area contributed by atoms with Crippen LogP contribution in [-0.2, 0) is 23.1 Å². The number of anilines is 1. The zero-order valence-electron chi connectivity index (χ0n) is 14.5. The standard InChI is InChI=1S/C19H22N4O2/c1-11(12-3-5-17-13(7-12)4-6-18(24)22-17)21-19(25)16-8-15(16)14-9-20-23(2)10-14/h3,5,7,9-11,15-16H,4,6,8H2,1-2H3,(H,21,25)(H,22,24)/t11-,15-,16+/m0/s1. The Morgan fingerprint density at radius 1 is 1.40 bits per heavy atom. The molecule has 1 saturated carbocycles. The highest BCUT2D eigenvalue weighted by molar-refractivity contribution is 5.94. The normalized spacial score (nSPS) is 22.7. The van der Waals surface area contributed by atoms with Crippen molar-refractivity contribution in [2.75, 3.05) is 5.32 Å². The first-order valence-electron chi connectivity index (χ1n) is 8.73. The molecule has 3 atom stereocenters. The van der Waals surface area contributed by atoms with E-state index in [9.17, 15) is 9.59 Å². The van der Waals surface area contributed by atoms with Crippen molar-refractivity contribution < 1.29 is 9.59 Å². The van der Waals surface area contributed by atoms with Crippen LogP contribution in [0.5, 0.6) is 0 Å². The van der Waals surface area contributed by atoms with Crippen molar-refractivity contribution in [1.29, 1.82) is 0 Å².